The van der Waals surface area contributed by atoms with Crippen LogP contribution < -0.4 is 5.32 Å². The van der Waals surface area contributed by atoms with Crippen molar-refractivity contribution in [1.29, 1.82) is 0 Å². The van der Waals surface area contributed by atoms with Crippen molar-refractivity contribution < 1.29 is 24.2 Å². The quantitative estimate of drug-likeness (QED) is 0.818. The number of carboxylic acids is 1. The molecule has 19 heavy (non-hydrogen) atoms. The molecule has 2 N–H and O–H groups in total. The number of ether oxygens (including phenoxy) is 2. The monoisotopic (exact) mass is 273 g/mol. The molecule has 0 aliphatic heterocycles. The largest absolute Gasteiger partial charge is 0.481 e. The van der Waals surface area contributed by atoms with E-state index in [0.29, 0.717) is 19.3 Å². The van der Waals surface area contributed by atoms with Crippen LogP contribution in [0.5, 0.6) is 0 Å². The predicted molar refractivity (Wildman–Crippen MR) is 68.9 cm³/mol. The molecule has 0 spiro atoms. The lowest BCUT2D eigenvalue weighted by atomic mass is 9.83. The predicted octanol–water partition coefficient (Wildman–Crippen LogP) is 1.78. The van der Waals surface area contributed by atoms with Crippen molar-refractivity contribution in [3.05, 3.63) is 0 Å². The number of carboxylic acid groups (broad SMARTS) is 1. The van der Waals surface area contributed by atoms with Crippen molar-refractivity contribution in [2.75, 3.05) is 7.11 Å². The standard InChI is InChI=1S/C13H23NO5/c1-13(2,3)19-12(17)14-8-5-6-9(11(15)16)10(7-8)18-4/h8-10H,5-7H2,1-4H3,(H,14,17)(H,15,16)/t8-,9-,10+/m0/s1. The first-order valence-corrected chi connectivity index (χ1v) is 6.48. The van der Waals surface area contributed by atoms with Gasteiger partial charge in [0.1, 0.15) is 5.60 Å². The van der Waals surface area contributed by atoms with Crippen LogP contribution in [0, 0.1) is 5.92 Å². The molecule has 6 nitrogen and oxygen atoms in total. The number of hydrogen-bond acceptors (Lipinski definition) is 4. The number of hydrogen-bond donors (Lipinski definition) is 2. The van der Waals surface area contributed by atoms with Gasteiger partial charge < -0.3 is 19.9 Å². The summed E-state index contributed by atoms with van der Waals surface area (Å²) in [6, 6.07) is -0.101. The molecular weight excluding hydrogens is 250 g/mol. The Morgan fingerprint density at radius 1 is 1.26 bits per heavy atom. The van der Waals surface area contributed by atoms with Gasteiger partial charge in [-0.1, -0.05) is 0 Å². The van der Waals surface area contributed by atoms with Crippen LogP contribution in [0.3, 0.4) is 0 Å². The zero-order chi connectivity index (χ0) is 14.6. The number of carbonyl (C=O) groups excluding carboxylic acids is 1. The molecule has 1 aliphatic carbocycles. The highest BCUT2D eigenvalue weighted by Gasteiger charge is 2.36. The molecule has 0 saturated heterocycles. The van der Waals surface area contributed by atoms with Crippen molar-refractivity contribution in [1.82, 2.24) is 5.32 Å². The summed E-state index contributed by atoms with van der Waals surface area (Å²) >= 11 is 0. The lowest BCUT2D eigenvalue weighted by molar-refractivity contribution is -0.148. The van der Waals surface area contributed by atoms with Gasteiger partial charge in [-0.15, -0.1) is 0 Å². The second kappa shape index (κ2) is 6.23. The van der Waals surface area contributed by atoms with Crippen molar-refractivity contribution in [2.45, 2.75) is 57.8 Å². The van der Waals surface area contributed by atoms with Crippen molar-refractivity contribution in [2.24, 2.45) is 5.92 Å². The average Bonchev–Trinajstić information content (AvgIpc) is 2.25. The maximum atomic E-state index is 11.6. The van der Waals surface area contributed by atoms with Gasteiger partial charge in [0.2, 0.25) is 0 Å². The zero-order valence-electron chi connectivity index (χ0n) is 11.9. The summed E-state index contributed by atoms with van der Waals surface area (Å²) in [7, 11) is 1.50. The molecule has 0 heterocycles. The highest BCUT2D eigenvalue weighted by molar-refractivity contribution is 5.71. The van der Waals surface area contributed by atoms with E-state index in [1.54, 1.807) is 20.8 Å². The van der Waals surface area contributed by atoms with Crippen LogP contribution in [0.15, 0.2) is 0 Å². The van der Waals surface area contributed by atoms with Crippen LogP contribution >= 0.6 is 0 Å². The molecule has 1 amide bonds. The Balaban J connectivity index is 2.50. The molecule has 0 unspecified atom stereocenters. The van der Waals surface area contributed by atoms with E-state index in [1.807, 2.05) is 0 Å². The minimum absolute atomic E-state index is 0.101. The molecule has 0 radical (unpaired) electrons. The second-order valence-corrected chi connectivity index (χ2v) is 5.88. The maximum absolute atomic E-state index is 11.6. The van der Waals surface area contributed by atoms with Gasteiger partial charge in [0.05, 0.1) is 12.0 Å². The molecule has 1 saturated carbocycles. The number of alkyl carbamates (subject to hydrolysis) is 1. The summed E-state index contributed by atoms with van der Waals surface area (Å²) in [6.07, 6.45) is 0.768. The number of rotatable bonds is 3. The van der Waals surface area contributed by atoms with Crippen LogP contribution in [0.1, 0.15) is 40.0 Å². The highest BCUT2D eigenvalue weighted by Crippen LogP contribution is 2.27. The molecule has 110 valence electrons. The normalized spacial score (nSPS) is 27.7. The van der Waals surface area contributed by atoms with E-state index in [9.17, 15) is 9.59 Å². The van der Waals surface area contributed by atoms with Crippen molar-refractivity contribution in [3.63, 3.8) is 0 Å². The molecule has 0 aromatic rings. The van der Waals surface area contributed by atoms with Crippen LogP contribution in [-0.2, 0) is 14.3 Å². The minimum Gasteiger partial charge on any atom is -0.481 e. The minimum atomic E-state index is -0.845. The van der Waals surface area contributed by atoms with E-state index in [-0.39, 0.29) is 12.1 Å². The Kier molecular flexibility index (Phi) is 5.17. The van der Waals surface area contributed by atoms with E-state index in [4.69, 9.17) is 14.6 Å². The Morgan fingerprint density at radius 3 is 2.37 bits per heavy atom. The summed E-state index contributed by atoms with van der Waals surface area (Å²) in [6.45, 7) is 5.39. The van der Waals surface area contributed by atoms with Gasteiger partial charge in [-0.05, 0) is 40.0 Å². The topological polar surface area (TPSA) is 84.9 Å². The number of amides is 1. The van der Waals surface area contributed by atoms with Crippen LogP contribution in [-0.4, -0.2) is 42.0 Å². The zero-order valence-corrected chi connectivity index (χ0v) is 11.9. The molecule has 1 aliphatic rings. The van der Waals surface area contributed by atoms with E-state index < -0.39 is 23.6 Å². The molecular formula is C13H23NO5. The Hall–Kier alpha value is -1.30. The molecule has 3 atom stereocenters. The van der Waals surface area contributed by atoms with E-state index in [0.717, 1.165) is 0 Å². The third-order valence-corrected chi connectivity index (χ3v) is 3.13. The van der Waals surface area contributed by atoms with Gasteiger partial charge in [-0.25, -0.2) is 4.79 Å². The Morgan fingerprint density at radius 2 is 1.89 bits per heavy atom. The fourth-order valence-corrected chi connectivity index (χ4v) is 2.28. The van der Waals surface area contributed by atoms with E-state index >= 15 is 0 Å². The summed E-state index contributed by atoms with van der Waals surface area (Å²) in [5, 5.41) is 11.8. The third-order valence-electron chi connectivity index (χ3n) is 3.13. The lowest BCUT2D eigenvalue weighted by Crippen LogP contribution is -2.46. The first-order valence-electron chi connectivity index (χ1n) is 6.48. The molecule has 1 rings (SSSR count). The van der Waals surface area contributed by atoms with Gasteiger partial charge in [-0.3, -0.25) is 4.79 Å². The molecule has 0 bridgehead atoms. The lowest BCUT2D eigenvalue weighted by Gasteiger charge is -2.33. The fraction of sp³-hybridized carbons (Fsp3) is 0.846. The number of carbonyl (C=O) groups is 2. The number of aliphatic carboxylic acids is 1. The fourth-order valence-electron chi connectivity index (χ4n) is 2.28. The van der Waals surface area contributed by atoms with Crippen molar-refractivity contribution in [3.8, 4) is 0 Å². The maximum Gasteiger partial charge on any atom is 0.407 e. The molecule has 0 aromatic heterocycles. The number of nitrogens with one attached hydrogen (secondary N) is 1. The first-order chi connectivity index (χ1) is 8.73. The molecule has 0 aromatic carbocycles. The molecule has 1 fully saturated rings. The second-order valence-electron chi connectivity index (χ2n) is 5.88. The Labute approximate surface area is 113 Å². The number of methoxy groups -OCH3 is 1. The smallest absolute Gasteiger partial charge is 0.407 e. The SMILES string of the molecule is CO[C@@H]1C[C@@H](NC(=O)OC(C)(C)C)CC[C@@H]1C(=O)O. The first kappa shape index (κ1) is 15.8. The van der Waals surface area contributed by atoms with Gasteiger partial charge >= 0.3 is 12.1 Å². The van der Waals surface area contributed by atoms with Crippen LogP contribution in [0.4, 0.5) is 4.79 Å². The van der Waals surface area contributed by atoms with Gasteiger partial charge in [0.15, 0.2) is 0 Å². The highest BCUT2D eigenvalue weighted by atomic mass is 16.6. The van der Waals surface area contributed by atoms with E-state index in [2.05, 4.69) is 5.32 Å². The Bertz CT molecular complexity index is 336. The van der Waals surface area contributed by atoms with E-state index in [1.165, 1.54) is 7.11 Å². The van der Waals surface area contributed by atoms with Gasteiger partial charge in [0.25, 0.3) is 0 Å². The van der Waals surface area contributed by atoms with Gasteiger partial charge in [-0.2, -0.15) is 0 Å². The van der Waals surface area contributed by atoms with Crippen LogP contribution in [0.25, 0.3) is 0 Å². The van der Waals surface area contributed by atoms with Crippen LogP contribution in [0.2, 0.25) is 0 Å². The van der Waals surface area contributed by atoms with Gasteiger partial charge in [0, 0.05) is 13.2 Å². The summed E-state index contributed by atoms with van der Waals surface area (Å²) in [5.41, 5.74) is -0.539. The third kappa shape index (κ3) is 5.06. The summed E-state index contributed by atoms with van der Waals surface area (Å²) < 4.78 is 10.4. The summed E-state index contributed by atoms with van der Waals surface area (Å²) in [5.74, 6) is -1.34. The molecule has 6 heteroatoms. The summed E-state index contributed by atoms with van der Waals surface area (Å²) in [4.78, 5) is 22.7. The average molecular weight is 273 g/mol. The van der Waals surface area contributed by atoms with Crippen molar-refractivity contribution >= 4 is 12.1 Å².